The number of nitrogens with one attached hydrogen (secondary N) is 1. The molecule has 26 heavy (non-hydrogen) atoms. The summed E-state index contributed by atoms with van der Waals surface area (Å²) >= 11 is 0. The predicted octanol–water partition coefficient (Wildman–Crippen LogP) is 2.95. The van der Waals surface area contributed by atoms with Crippen LogP contribution in [0.15, 0.2) is 36.4 Å². The molecule has 0 radical (unpaired) electrons. The molecule has 2 aromatic rings. The lowest BCUT2D eigenvalue weighted by Gasteiger charge is -2.19. The minimum absolute atomic E-state index is 0.115. The highest BCUT2D eigenvalue weighted by molar-refractivity contribution is 5.92. The van der Waals surface area contributed by atoms with E-state index in [9.17, 15) is 4.79 Å². The largest absolute Gasteiger partial charge is 0.493 e. The van der Waals surface area contributed by atoms with Crippen LogP contribution in [0.25, 0.3) is 0 Å². The van der Waals surface area contributed by atoms with Gasteiger partial charge in [-0.25, -0.2) is 0 Å². The summed E-state index contributed by atoms with van der Waals surface area (Å²) in [5, 5.41) is 11.6. The Bertz CT molecular complexity index is 810. The summed E-state index contributed by atoms with van der Waals surface area (Å²) in [6.07, 6.45) is 0. The molecule has 0 unspecified atom stereocenters. The Morgan fingerprint density at radius 3 is 2.35 bits per heavy atom. The van der Waals surface area contributed by atoms with Gasteiger partial charge in [0.05, 0.1) is 32.4 Å². The van der Waals surface area contributed by atoms with Gasteiger partial charge in [0.25, 0.3) is 0 Å². The van der Waals surface area contributed by atoms with Gasteiger partial charge in [-0.3, -0.25) is 9.69 Å². The second-order valence-electron chi connectivity index (χ2n) is 6.04. The molecule has 6 nitrogen and oxygen atoms in total. The van der Waals surface area contributed by atoms with Gasteiger partial charge in [-0.05, 0) is 61.5 Å². The molecular weight excluding hydrogens is 330 g/mol. The summed E-state index contributed by atoms with van der Waals surface area (Å²) in [6, 6.07) is 12.7. The molecule has 0 aromatic heterocycles. The Morgan fingerprint density at radius 2 is 1.77 bits per heavy atom. The molecule has 0 fully saturated rings. The predicted molar refractivity (Wildman–Crippen MR) is 100 cm³/mol. The molecular formula is C20H23N3O3. The summed E-state index contributed by atoms with van der Waals surface area (Å²) in [4.78, 5) is 14.1. The van der Waals surface area contributed by atoms with Crippen LogP contribution in [0.1, 0.15) is 16.7 Å². The standard InChI is InChI=1S/C20H23N3O3/c1-14-9-18(25-3)19(26-4)10-16(14)12-23(2)13-20(24)22-17-7-5-15(11-21)6-8-17/h5-10H,12-13H2,1-4H3,(H,22,24). The van der Waals surface area contributed by atoms with Gasteiger partial charge in [-0.15, -0.1) is 0 Å². The number of amides is 1. The molecule has 1 N–H and O–H groups in total. The molecule has 136 valence electrons. The number of anilines is 1. The minimum atomic E-state index is -0.115. The third kappa shape index (κ3) is 4.98. The number of benzene rings is 2. The van der Waals surface area contributed by atoms with E-state index in [1.165, 1.54) is 0 Å². The number of aryl methyl sites for hydroxylation is 1. The van der Waals surface area contributed by atoms with Gasteiger partial charge in [-0.2, -0.15) is 5.26 Å². The van der Waals surface area contributed by atoms with E-state index in [0.29, 0.717) is 29.3 Å². The first-order valence-electron chi connectivity index (χ1n) is 8.17. The minimum Gasteiger partial charge on any atom is -0.493 e. The smallest absolute Gasteiger partial charge is 0.238 e. The lowest BCUT2D eigenvalue weighted by molar-refractivity contribution is -0.117. The Balaban J connectivity index is 1.98. The molecule has 0 saturated heterocycles. The molecule has 1 amide bonds. The van der Waals surface area contributed by atoms with Crippen molar-refractivity contribution in [3.8, 4) is 17.6 Å². The molecule has 0 spiro atoms. The van der Waals surface area contributed by atoms with Crippen LogP contribution in [0, 0.1) is 18.3 Å². The quantitative estimate of drug-likeness (QED) is 0.828. The SMILES string of the molecule is COc1cc(C)c(CN(C)CC(=O)Nc2ccc(C#N)cc2)cc1OC. The number of methoxy groups -OCH3 is 2. The van der Waals surface area contributed by atoms with Gasteiger partial charge >= 0.3 is 0 Å². The first kappa shape index (κ1) is 19.3. The average Bonchev–Trinajstić information content (AvgIpc) is 2.63. The van der Waals surface area contributed by atoms with Crippen molar-refractivity contribution in [2.24, 2.45) is 0 Å². The Hall–Kier alpha value is -3.04. The summed E-state index contributed by atoms with van der Waals surface area (Å²) in [5.41, 5.74) is 3.37. The topological polar surface area (TPSA) is 74.6 Å². The van der Waals surface area contributed by atoms with Crippen molar-refractivity contribution in [2.45, 2.75) is 13.5 Å². The van der Waals surface area contributed by atoms with Gasteiger partial charge < -0.3 is 14.8 Å². The van der Waals surface area contributed by atoms with Crippen molar-refractivity contribution in [2.75, 3.05) is 33.1 Å². The van der Waals surface area contributed by atoms with E-state index in [0.717, 1.165) is 11.1 Å². The summed E-state index contributed by atoms with van der Waals surface area (Å²) in [7, 11) is 5.09. The number of carbonyl (C=O) groups is 1. The van der Waals surface area contributed by atoms with Gasteiger partial charge in [0, 0.05) is 12.2 Å². The van der Waals surface area contributed by atoms with Crippen LogP contribution in [0.4, 0.5) is 5.69 Å². The van der Waals surface area contributed by atoms with E-state index in [-0.39, 0.29) is 12.5 Å². The number of nitriles is 1. The van der Waals surface area contributed by atoms with Crippen molar-refractivity contribution < 1.29 is 14.3 Å². The Labute approximate surface area is 153 Å². The van der Waals surface area contributed by atoms with E-state index < -0.39 is 0 Å². The van der Waals surface area contributed by atoms with Gasteiger partial charge in [0.1, 0.15) is 0 Å². The summed E-state index contributed by atoms with van der Waals surface area (Å²) < 4.78 is 10.6. The fourth-order valence-corrected chi connectivity index (χ4v) is 2.61. The number of likely N-dealkylation sites (N-methyl/N-ethyl adjacent to an activating group) is 1. The number of hydrogen-bond acceptors (Lipinski definition) is 5. The third-order valence-corrected chi connectivity index (χ3v) is 3.99. The molecule has 2 aromatic carbocycles. The monoisotopic (exact) mass is 353 g/mol. The van der Waals surface area contributed by atoms with E-state index in [1.54, 1.807) is 38.5 Å². The molecule has 0 heterocycles. The second-order valence-corrected chi connectivity index (χ2v) is 6.04. The maximum absolute atomic E-state index is 12.2. The van der Waals surface area contributed by atoms with E-state index in [2.05, 4.69) is 5.32 Å². The first-order chi connectivity index (χ1) is 12.5. The van der Waals surface area contributed by atoms with Crippen molar-refractivity contribution in [3.63, 3.8) is 0 Å². The summed E-state index contributed by atoms with van der Waals surface area (Å²) in [6.45, 7) is 2.85. The Morgan fingerprint density at radius 1 is 1.15 bits per heavy atom. The van der Waals surface area contributed by atoms with Gasteiger partial charge in [-0.1, -0.05) is 0 Å². The third-order valence-electron chi connectivity index (χ3n) is 3.99. The van der Waals surface area contributed by atoms with Crippen molar-refractivity contribution >= 4 is 11.6 Å². The van der Waals surface area contributed by atoms with Gasteiger partial charge in [0.15, 0.2) is 11.5 Å². The maximum atomic E-state index is 12.2. The average molecular weight is 353 g/mol. The van der Waals surface area contributed by atoms with Crippen LogP contribution in [-0.4, -0.2) is 38.6 Å². The van der Waals surface area contributed by atoms with E-state index in [4.69, 9.17) is 14.7 Å². The van der Waals surface area contributed by atoms with Crippen molar-refractivity contribution in [3.05, 3.63) is 53.1 Å². The van der Waals surface area contributed by atoms with Gasteiger partial charge in [0.2, 0.25) is 5.91 Å². The van der Waals surface area contributed by atoms with Crippen molar-refractivity contribution in [1.82, 2.24) is 4.90 Å². The van der Waals surface area contributed by atoms with Crippen LogP contribution >= 0.6 is 0 Å². The number of carbonyl (C=O) groups excluding carboxylic acids is 1. The Kier molecular flexibility index (Phi) is 6.59. The highest BCUT2D eigenvalue weighted by Gasteiger charge is 2.12. The van der Waals surface area contributed by atoms with E-state index >= 15 is 0 Å². The lowest BCUT2D eigenvalue weighted by atomic mass is 10.1. The van der Waals surface area contributed by atoms with Crippen LogP contribution < -0.4 is 14.8 Å². The molecule has 2 rings (SSSR count). The number of ether oxygens (including phenoxy) is 2. The highest BCUT2D eigenvalue weighted by Crippen LogP contribution is 2.30. The molecule has 0 saturated carbocycles. The lowest BCUT2D eigenvalue weighted by Crippen LogP contribution is -2.30. The molecule has 0 bridgehead atoms. The molecule has 0 aliphatic rings. The van der Waals surface area contributed by atoms with Crippen LogP contribution in [0.3, 0.4) is 0 Å². The van der Waals surface area contributed by atoms with Crippen molar-refractivity contribution in [1.29, 1.82) is 5.26 Å². The second kappa shape index (κ2) is 8.88. The molecule has 0 aliphatic heterocycles. The summed E-state index contributed by atoms with van der Waals surface area (Å²) in [5.74, 6) is 1.24. The highest BCUT2D eigenvalue weighted by atomic mass is 16.5. The zero-order valence-corrected chi connectivity index (χ0v) is 15.5. The fourth-order valence-electron chi connectivity index (χ4n) is 2.61. The zero-order valence-electron chi connectivity index (χ0n) is 15.5. The maximum Gasteiger partial charge on any atom is 0.238 e. The van der Waals surface area contributed by atoms with Crippen LogP contribution in [0.2, 0.25) is 0 Å². The number of hydrogen-bond donors (Lipinski definition) is 1. The van der Waals surface area contributed by atoms with Crippen LogP contribution in [0.5, 0.6) is 11.5 Å². The number of rotatable bonds is 7. The number of nitrogens with zero attached hydrogens (tertiary/aromatic N) is 2. The molecule has 0 aliphatic carbocycles. The molecule has 0 atom stereocenters. The van der Waals surface area contributed by atoms with Crippen LogP contribution in [-0.2, 0) is 11.3 Å². The zero-order chi connectivity index (χ0) is 19.1. The first-order valence-corrected chi connectivity index (χ1v) is 8.17. The normalized spacial score (nSPS) is 10.3. The van der Waals surface area contributed by atoms with E-state index in [1.807, 2.05) is 37.1 Å². The fraction of sp³-hybridized carbons (Fsp3) is 0.300. The molecule has 6 heteroatoms.